The minimum atomic E-state index is -0.439. The van der Waals surface area contributed by atoms with E-state index >= 15 is 0 Å². The van der Waals surface area contributed by atoms with Crippen LogP contribution in [0, 0.1) is 0 Å². The molecule has 0 aromatic heterocycles. The highest BCUT2D eigenvalue weighted by molar-refractivity contribution is 6.08. The SMILES string of the molecule is CC1(C)c2ccccc2-c2ccc(N(c3ccc4c(c3)-c3ccccc3C4(c3ccccc3)c3ccccc3)c3ccc4c(ccc5ccccc54)c3)cc21. The molecule has 0 aliphatic heterocycles. The number of anilines is 3. The van der Waals surface area contributed by atoms with E-state index in [1.54, 1.807) is 0 Å². The number of rotatable bonds is 5. The molecule has 1 nitrogen and oxygen atoms in total. The average Bonchev–Trinajstić information content (AvgIpc) is 3.67. The minimum absolute atomic E-state index is 0.113. The number of fused-ring (bicyclic) bond motifs is 9. The smallest absolute Gasteiger partial charge is 0.0713 e. The zero-order chi connectivity index (χ0) is 36.7. The molecule has 0 unspecified atom stereocenters. The Kier molecular flexibility index (Phi) is 6.88. The second-order valence-corrected chi connectivity index (χ2v) is 15.7. The number of benzene rings is 9. The maximum atomic E-state index is 2.47. The molecule has 0 atom stereocenters. The lowest BCUT2D eigenvalue weighted by Gasteiger charge is -2.34. The van der Waals surface area contributed by atoms with Gasteiger partial charge in [-0.15, -0.1) is 0 Å². The zero-order valence-electron chi connectivity index (χ0n) is 31.0. The van der Waals surface area contributed by atoms with Crippen LogP contribution in [0.4, 0.5) is 17.1 Å². The van der Waals surface area contributed by atoms with Crippen LogP contribution < -0.4 is 4.90 Å². The van der Waals surface area contributed by atoms with Crippen molar-refractivity contribution in [3.8, 4) is 22.3 Å². The van der Waals surface area contributed by atoms with E-state index in [-0.39, 0.29) is 5.41 Å². The van der Waals surface area contributed by atoms with Crippen LogP contribution in [0.1, 0.15) is 47.2 Å². The summed E-state index contributed by atoms with van der Waals surface area (Å²) in [5.74, 6) is 0. The summed E-state index contributed by atoms with van der Waals surface area (Å²) in [7, 11) is 0. The van der Waals surface area contributed by atoms with Gasteiger partial charge in [-0.05, 0) is 114 Å². The van der Waals surface area contributed by atoms with Crippen molar-refractivity contribution in [3.05, 3.63) is 234 Å². The van der Waals surface area contributed by atoms with Gasteiger partial charge in [0.05, 0.1) is 5.41 Å². The number of nitrogens with zero attached hydrogens (tertiary/aromatic N) is 1. The van der Waals surface area contributed by atoms with Gasteiger partial charge in [0, 0.05) is 22.5 Å². The van der Waals surface area contributed by atoms with Crippen molar-refractivity contribution in [1.82, 2.24) is 0 Å². The molecule has 1 heteroatoms. The van der Waals surface area contributed by atoms with Gasteiger partial charge in [0.2, 0.25) is 0 Å². The van der Waals surface area contributed by atoms with Crippen LogP contribution >= 0.6 is 0 Å². The first kappa shape index (κ1) is 31.8. The van der Waals surface area contributed by atoms with Gasteiger partial charge in [-0.25, -0.2) is 0 Å². The van der Waals surface area contributed by atoms with Crippen molar-refractivity contribution in [3.63, 3.8) is 0 Å². The molecule has 260 valence electrons. The second-order valence-electron chi connectivity index (χ2n) is 15.7. The number of hydrogen-bond acceptors (Lipinski definition) is 1. The molecule has 0 bridgehead atoms. The van der Waals surface area contributed by atoms with Crippen molar-refractivity contribution < 1.29 is 0 Å². The van der Waals surface area contributed by atoms with Gasteiger partial charge in [0.15, 0.2) is 0 Å². The predicted molar refractivity (Wildman–Crippen MR) is 231 cm³/mol. The Balaban J connectivity index is 1.16. The lowest BCUT2D eigenvalue weighted by molar-refractivity contribution is 0.660. The van der Waals surface area contributed by atoms with Gasteiger partial charge in [0.1, 0.15) is 0 Å². The normalized spacial score (nSPS) is 14.3. The van der Waals surface area contributed by atoms with Crippen LogP contribution in [-0.4, -0.2) is 0 Å². The van der Waals surface area contributed by atoms with Crippen LogP contribution in [0.15, 0.2) is 200 Å². The Morgan fingerprint density at radius 2 is 0.836 bits per heavy atom. The third-order valence-electron chi connectivity index (χ3n) is 12.5. The largest absolute Gasteiger partial charge is 0.310 e. The molecule has 0 heterocycles. The maximum absolute atomic E-state index is 2.47. The van der Waals surface area contributed by atoms with E-state index in [0.717, 1.165) is 17.1 Å². The topological polar surface area (TPSA) is 3.24 Å². The Morgan fingerprint density at radius 1 is 0.327 bits per heavy atom. The monoisotopic (exact) mass is 701 g/mol. The molecule has 0 radical (unpaired) electrons. The van der Waals surface area contributed by atoms with Gasteiger partial charge < -0.3 is 4.90 Å². The summed E-state index contributed by atoms with van der Waals surface area (Å²) in [6.07, 6.45) is 0. The Bertz CT molecular complexity index is 2920. The fraction of sp³-hybridized carbons (Fsp3) is 0.0741. The first-order valence-electron chi connectivity index (χ1n) is 19.3. The quantitative estimate of drug-likeness (QED) is 0.162. The number of hydrogen-bond donors (Lipinski definition) is 0. The van der Waals surface area contributed by atoms with Crippen LogP contribution in [-0.2, 0) is 10.8 Å². The summed E-state index contributed by atoms with van der Waals surface area (Å²) in [6.45, 7) is 4.73. The van der Waals surface area contributed by atoms with Crippen molar-refractivity contribution in [2.45, 2.75) is 24.7 Å². The van der Waals surface area contributed by atoms with E-state index in [9.17, 15) is 0 Å². The van der Waals surface area contributed by atoms with Crippen LogP contribution in [0.5, 0.6) is 0 Å². The van der Waals surface area contributed by atoms with E-state index in [1.807, 2.05) is 0 Å². The van der Waals surface area contributed by atoms with Crippen LogP contribution in [0.2, 0.25) is 0 Å². The van der Waals surface area contributed by atoms with Gasteiger partial charge in [-0.3, -0.25) is 0 Å². The summed E-state index contributed by atoms with van der Waals surface area (Å²) >= 11 is 0. The molecule has 11 rings (SSSR count). The first-order valence-corrected chi connectivity index (χ1v) is 19.3. The summed E-state index contributed by atoms with van der Waals surface area (Å²) < 4.78 is 0. The van der Waals surface area contributed by atoms with Gasteiger partial charge in [-0.1, -0.05) is 178 Å². The van der Waals surface area contributed by atoms with Crippen molar-refractivity contribution in [2.75, 3.05) is 4.90 Å². The molecule has 0 saturated carbocycles. The van der Waals surface area contributed by atoms with Crippen molar-refractivity contribution in [2.24, 2.45) is 0 Å². The average molecular weight is 702 g/mol. The Labute approximate surface area is 322 Å². The molecule has 2 aliphatic rings. The predicted octanol–water partition coefficient (Wildman–Crippen LogP) is 14.1. The van der Waals surface area contributed by atoms with E-state index in [4.69, 9.17) is 0 Å². The fourth-order valence-corrected chi connectivity index (χ4v) is 9.99. The summed E-state index contributed by atoms with van der Waals surface area (Å²) in [6, 6.07) is 74.6. The van der Waals surface area contributed by atoms with Gasteiger partial charge >= 0.3 is 0 Å². The summed E-state index contributed by atoms with van der Waals surface area (Å²) in [5.41, 5.74) is 16.0. The van der Waals surface area contributed by atoms with Gasteiger partial charge in [0.25, 0.3) is 0 Å². The molecule has 2 aliphatic carbocycles. The highest BCUT2D eigenvalue weighted by atomic mass is 15.1. The first-order chi connectivity index (χ1) is 27.0. The third-order valence-corrected chi connectivity index (χ3v) is 12.5. The molecule has 9 aromatic carbocycles. The summed E-state index contributed by atoms with van der Waals surface area (Å²) in [4.78, 5) is 2.47. The molecule has 0 saturated heterocycles. The standard InChI is InChI=1S/C54H39N/c1-53(2)49-23-13-11-21-45(49)47-31-28-42(35-52(47)53)55(40-27-30-44-37(33-40)26-25-36-15-9-10-20-43(36)44)41-29-32-51-48(34-41)46-22-12-14-24-50(46)54(51,38-16-5-3-6-17-38)39-18-7-4-8-19-39/h3-35H,1-2H3. The lowest BCUT2D eigenvalue weighted by atomic mass is 9.68. The minimum Gasteiger partial charge on any atom is -0.310 e. The summed E-state index contributed by atoms with van der Waals surface area (Å²) in [5, 5.41) is 5.04. The molecular formula is C54H39N. The van der Waals surface area contributed by atoms with Gasteiger partial charge in [-0.2, -0.15) is 0 Å². The highest BCUT2D eigenvalue weighted by Gasteiger charge is 2.46. The molecule has 0 N–H and O–H groups in total. The van der Waals surface area contributed by atoms with E-state index in [2.05, 4.69) is 219 Å². The second kappa shape index (κ2) is 11.9. The zero-order valence-corrected chi connectivity index (χ0v) is 31.0. The molecule has 0 spiro atoms. The third kappa shape index (κ3) is 4.53. The van der Waals surface area contributed by atoms with Crippen molar-refractivity contribution in [1.29, 1.82) is 0 Å². The Morgan fingerprint density at radius 3 is 1.60 bits per heavy atom. The molecular weight excluding hydrogens is 663 g/mol. The van der Waals surface area contributed by atoms with E-state index in [0.29, 0.717) is 0 Å². The highest BCUT2D eigenvalue weighted by Crippen LogP contribution is 2.57. The lowest BCUT2D eigenvalue weighted by Crippen LogP contribution is -2.28. The molecule has 0 amide bonds. The van der Waals surface area contributed by atoms with Crippen molar-refractivity contribution >= 4 is 38.6 Å². The van der Waals surface area contributed by atoms with E-state index in [1.165, 1.54) is 77.2 Å². The Hall–Kier alpha value is -6.70. The maximum Gasteiger partial charge on any atom is 0.0713 e. The van der Waals surface area contributed by atoms with E-state index < -0.39 is 5.41 Å². The molecule has 9 aromatic rings. The molecule has 55 heavy (non-hydrogen) atoms. The van der Waals surface area contributed by atoms with Crippen LogP contribution in [0.3, 0.4) is 0 Å². The van der Waals surface area contributed by atoms with Crippen LogP contribution in [0.25, 0.3) is 43.8 Å². The molecule has 0 fully saturated rings. The fourth-order valence-electron chi connectivity index (χ4n) is 9.99.